The lowest BCUT2D eigenvalue weighted by atomic mass is 10.0. The number of nitrogens with two attached hydrogens (primary N) is 3. The average molecular weight is 812 g/mol. The fourth-order valence-corrected chi connectivity index (χ4v) is 7.27. The summed E-state index contributed by atoms with van der Waals surface area (Å²) in [7, 11) is 2.75. The van der Waals surface area contributed by atoms with Gasteiger partial charge in [0.2, 0.25) is 23.6 Å². The highest BCUT2D eigenvalue weighted by atomic mass is 35.5. The fraction of sp³-hybridized carbons (Fsp3) is 0.324. The molecule has 18 heteroatoms. The lowest BCUT2D eigenvalue weighted by molar-refractivity contribution is -0.133. The average Bonchev–Trinajstić information content (AvgIpc) is 3.58. The zero-order valence-electron chi connectivity index (χ0n) is 30.5. The van der Waals surface area contributed by atoms with E-state index >= 15 is 0 Å². The van der Waals surface area contributed by atoms with Crippen molar-refractivity contribution in [3.8, 4) is 0 Å². The van der Waals surface area contributed by atoms with Crippen molar-refractivity contribution in [1.29, 1.82) is 0 Å². The number of rotatable bonds is 21. The van der Waals surface area contributed by atoms with Gasteiger partial charge in [-0.3, -0.25) is 24.2 Å². The number of aromatic amines is 1. The molecule has 3 aromatic carbocycles. The molecule has 4 aromatic rings. The van der Waals surface area contributed by atoms with Crippen LogP contribution in [-0.4, -0.2) is 79.5 Å². The number of halogens is 1. The summed E-state index contributed by atoms with van der Waals surface area (Å²) in [5, 5.41) is 12.8. The highest BCUT2D eigenvalue weighted by Gasteiger charge is 2.33. The molecule has 0 saturated carbocycles. The van der Waals surface area contributed by atoms with Crippen molar-refractivity contribution in [1.82, 2.24) is 26.0 Å². The number of hydrogen-bond donors (Lipinski definition) is 8. The second kappa shape index (κ2) is 20.7. The Morgan fingerprint density at radius 1 is 0.764 bits per heavy atom. The quantitative estimate of drug-likeness (QED) is 0.0264. The number of nitrogens with one attached hydrogen (secondary N) is 5. The number of primary amides is 1. The van der Waals surface area contributed by atoms with E-state index in [9.17, 15) is 19.2 Å². The largest absolute Gasteiger partial charge is 0.370 e. The second-order valence-electron chi connectivity index (χ2n) is 12.7. The third kappa shape index (κ3) is 13.2. The Morgan fingerprint density at radius 3 is 1.98 bits per heavy atom. The Hall–Kier alpha value is -4.83. The molecule has 11 N–H and O–H groups in total. The van der Waals surface area contributed by atoms with Crippen molar-refractivity contribution in [2.75, 3.05) is 20.8 Å². The van der Waals surface area contributed by atoms with Gasteiger partial charge in [-0.1, -0.05) is 72.3 Å². The van der Waals surface area contributed by atoms with Crippen molar-refractivity contribution < 1.29 is 28.2 Å². The van der Waals surface area contributed by atoms with Gasteiger partial charge in [0, 0.05) is 55.7 Å². The maximum atomic E-state index is 14.2. The molecule has 294 valence electrons. The van der Waals surface area contributed by atoms with Gasteiger partial charge in [-0.2, -0.15) is 0 Å². The number of guanidine groups is 1. The molecular formula is C37H47ClN9O6PS. The van der Waals surface area contributed by atoms with Crippen LogP contribution in [0, 0.1) is 0 Å². The predicted octanol–water partition coefficient (Wildman–Crippen LogP) is 2.32. The Labute approximate surface area is 329 Å². The second-order valence-corrected chi connectivity index (χ2v) is 16.5. The van der Waals surface area contributed by atoms with Crippen molar-refractivity contribution >= 4 is 70.5 Å². The van der Waals surface area contributed by atoms with Crippen LogP contribution in [0.3, 0.4) is 0 Å². The van der Waals surface area contributed by atoms with Crippen LogP contribution in [0.25, 0.3) is 10.9 Å². The zero-order valence-corrected chi connectivity index (χ0v) is 33.0. The van der Waals surface area contributed by atoms with Crippen LogP contribution in [0.4, 0.5) is 0 Å². The summed E-state index contributed by atoms with van der Waals surface area (Å²) < 4.78 is 10.8. The van der Waals surface area contributed by atoms with Crippen molar-refractivity contribution in [3.63, 3.8) is 0 Å². The van der Waals surface area contributed by atoms with E-state index in [4.69, 9.17) is 49.7 Å². The van der Waals surface area contributed by atoms with Gasteiger partial charge in [-0.05, 0) is 66.0 Å². The molecule has 0 spiro atoms. The first-order valence-corrected chi connectivity index (χ1v) is 20.4. The number of hydrogen-bond acceptors (Lipinski definition) is 8. The summed E-state index contributed by atoms with van der Waals surface area (Å²) in [6.45, 7) is -2.94. The van der Waals surface area contributed by atoms with Crippen LogP contribution >= 0.6 is 18.2 Å². The minimum Gasteiger partial charge on any atom is -0.370 e. The molecule has 0 radical (unpaired) electrons. The molecule has 0 saturated heterocycles. The van der Waals surface area contributed by atoms with E-state index in [2.05, 4.69) is 31.0 Å². The molecule has 4 atom stereocenters. The summed E-state index contributed by atoms with van der Waals surface area (Å²) in [6.07, 6.45) is 2.46. The number of fused-ring (bicyclic) bond motifs is 1. The van der Waals surface area contributed by atoms with E-state index in [1.54, 1.807) is 30.5 Å². The lowest BCUT2D eigenvalue weighted by Crippen LogP contribution is -2.58. The number of aliphatic imine (C=N–C) groups is 1. The Balaban J connectivity index is 1.60. The summed E-state index contributed by atoms with van der Waals surface area (Å²) in [6, 6.07) is 19.1. The van der Waals surface area contributed by atoms with Crippen LogP contribution < -0.4 is 38.2 Å². The summed E-state index contributed by atoms with van der Waals surface area (Å²) in [5.41, 5.74) is 19.9. The van der Waals surface area contributed by atoms with Gasteiger partial charge in [0.1, 0.15) is 18.1 Å². The van der Waals surface area contributed by atoms with E-state index in [-0.39, 0.29) is 38.2 Å². The summed E-state index contributed by atoms with van der Waals surface area (Å²) >= 11 is 11.6. The van der Waals surface area contributed by atoms with Crippen LogP contribution in [0.5, 0.6) is 0 Å². The third-order valence-electron chi connectivity index (χ3n) is 8.72. The monoisotopic (exact) mass is 811 g/mol. The van der Waals surface area contributed by atoms with Crippen molar-refractivity contribution in [2.45, 2.75) is 56.3 Å². The first-order valence-electron chi connectivity index (χ1n) is 17.4. The molecule has 1 aromatic heterocycles. The van der Waals surface area contributed by atoms with Crippen molar-refractivity contribution in [3.05, 3.63) is 107 Å². The van der Waals surface area contributed by atoms with E-state index in [0.29, 0.717) is 11.4 Å². The molecule has 4 amide bonds. The molecule has 55 heavy (non-hydrogen) atoms. The third-order valence-corrected chi connectivity index (χ3v) is 11.8. The van der Waals surface area contributed by atoms with Gasteiger partial charge in [0.15, 0.2) is 5.96 Å². The standard InChI is InChI=1S/C37H47ClN9O6PS/c1-52-54(55,53-2)47-32(20-24-14-16-26(38)17-15-24)36(51)46-31(19-23-9-4-3-5-10-23)35(50)44-29(13-8-18-42-37(40)41)34(49)45-30(33(39)48)21-25-22-43-28-12-7-6-11-27(25)28/h3-7,9-12,14-17,22,29-32,43H,8,13,18-21H2,1-2H3,(H2,39,48)(H,44,50)(H,45,49)(H,46,51)(H,47,55)(H4,40,41,42)/t29-,30-,31-,32-/m0/s1. The smallest absolute Gasteiger partial charge is 0.261 e. The predicted molar refractivity (Wildman–Crippen MR) is 217 cm³/mol. The molecule has 0 unspecified atom stereocenters. The number of amides is 4. The topological polar surface area (TPSA) is 241 Å². The summed E-state index contributed by atoms with van der Waals surface area (Å²) in [4.78, 5) is 62.0. The highest BCUT2D eigenvalue weighted by molar-refractivity contribution is 8.09. The number of H-pyrrole nitrogens is 1. The van der Waals surface area contributed by atoms with E-state index in [1.807, 2.05) is 54.6 Å². The number of benzene rings is 3. The summed E-state index contributed by atoms with van der Waals surface area (Å²) in [5.74, 6) is -2.78. The SMILES string of the molecule is COP(=S)(N[C@@H](Cc1ccc(Cl)cc1)C(=O)N[C@@H](Cc1ccccc1)C(=O)N[C@@H](CCCN=C(N)N)C(=O)N[C@@H](Cc1c[nH]c2ccccc12)C(N)=O)OC. The fourth-order valence-electron chi connectivity index (χ4n) is 5.82. The first kappa shape index (κ1) is 42.9. The molecule has 1 heterocycles. The number of carbonyl (C=O) groups is 4. The lowest BCUT2D eigenvalue weighted by Gasteiger charge is -2.28. The van der Waals surface area contributed by atoms with Crippen LogP contribution in [0.1, 0.15) is 29.5 Å². The Morgan fingerprint density at radius 2 is 1.33 bits per heavy atom. The molecule has 0 fully saturated rings. The number of carbonyl (C=O) groups excluding carboxylic acids is 4. The van der Waals surface area contributed by atoms with Crippen LogP contribution in [0.2, 0.25) is 5.02 Å². The van der Waals surface area contributed by atoms with Gasteiger partial charge in [-0.25, -0.2) is 5.09 Å². The van der Waals surface area contributed by atoms with Gasteiger partial charge >= 0.3 is 0 Å². The molecule has 4 rings (SSSR count). The van der Waals surface area contributed by atoms with E-state index in [0.717, 1.165) is 27.6 Å². The normalized spacial score (nSPS) is 13.6. The Kier molecular flexibility index (Phi) is 16.2. The van der Waals surface area contributed by atoms with Crippen molar-refractivity contribution in [2.24, 2.45) is 22.2 Å². The minimum absolute atomic E-state index is 0.0710. The molecule has 0 aliphatic carbocycles. The number of nitrogens with zero attached hydrogens (tertiary/aromatic N) is 1. The van der Waals surface area contributed by atoms with Crippen LogP contribution in [-0.2, 0) is 59.3 Å². The number of para-hydroxylation sites is 1. The minimum atomic E-state index is -3.11. The molecule has 0 aliphatic rings. The maximum absolute atomic E-state index is 14.2. The molecule has 0 aliphatic heterocycles. The van der Waals surface area contributed by atoms with Gasteiger partial charge in [0.25, 0.3) is 6.64 Å². The Bertz CT molecular complexity index is 1990. The molecular weight excluding hydrogens is 765 g/mol. The zero-order chi connectivity index (χ0) is 40.0. The van der Waals surface area contributed by atoms with Gasteiger partial charge in [0.05, 0.1) is 6.04 Å². The van der Waals surface area contributed by atoms with Gasteiger partial charge in [-0.15, -0.1) is 0 Å². The van der Waals surface area contributed by atoms with Gasteiger partial charge < -0.3 is 47.2 Å². The molecule has 15 nitrogen and oxygen atoms in total. The highest BCUT2D eigenvalue weighted by Crippen LogP contribution is 2.42. The van der Waals surface area contributed by atoms with E-state index < -0.39 is 54.4 Å². The molecule has 0 bridgehead atoms. The first-order chi connectivity index (χ1) is 26.3. The van der Waals surface area contributed by atoms with E-state index in [1.165, 1.54) is 14.2 Å². The van der Waals surface area contributed by atoms with Crippen LogP contribution in [0.15, 0.2) is 90.1 Å². The number of aromatic nitrogens is 1. The maximum Gasteiger partial charge on any atom is 0.261 e.